The second-order valence-corrected chi connectivity index (χ2v) is 6.58. The van der Waals surface area contributed by atoms with Crippen LogP contribution in [0.4, 0.5) is 0 Å². The summed E-state index contributed by atoms with van der Waals surface area (Å²) < 4.78 is 1.16. The van der Waals surface area contributed by atoms with Crippen molar-refractivity contribution in [2.45, 2.75) is 39.3 Å². The van der Waals surface area contributed by atoms with Crippen LogP contribution in [0.25, 0.3) is 0 Å². The molecular weight excluding hydrogens is 300 g/mol. The topological polar surface area (TPSA) is 15.3 Å². The fourth-order valence-corrected chi connectivity index (χ4v) is 2.95. The zero-order valence-electron chi connectivity index (χ0n) is 12.0. The summed E-state index contributed by atoms with van der Waals surface area (Å²) in [5.74, 6) is 0.755. The molecule has 0 radical (unpaired) electrons. The van der Waals surface area contributed by atoms with Crippen molar-refractivity contribution in [2.75, 3.05) is 19.6 Å². The van der Waals surface area contributed by atoms with Gasteiger partial charge in [0.25, 0.3) is 0 Å². The van der Waals surface area contributed by atoms with Crippen molar-refractivity contribution < 1.29 is 0 Å². The quantitative estimate of drug-likeness (QED) is 0.909. The summed E-state index contributed by atoms with van der Waals surface area (Å²) in [6.07, 6.45) is 2.51. The minimum atomic E-state index is 0.642. The van der Waals surface area contributed by atoms with Gasteiger partial charge in [-0.05, 0) is 43.1 Å². The second kappa shape index (κ2) is 7.41. The summed E-state index contributed by atoms with van der Waals surface area (Å²) in [4.78, 5) is 2.60. The molecule has 19 heavy (non-hydrogen) atoms. The molecule has 2 nitrogen and oxygen atoms in total. The third kappa shape index (κ3) is 4.59. The number of rotatable bonds is 4. The minimum Gasteiger partial charge on any atom is -0.312 e. The molecule has 1 aromatic rings. The number of nitrogens with one attached hydrogen (secondary N) is 1. The van der Waals surface area contributed by atoms with Gasteiger partial charge in [-0.3, -0.25) is 4.90 Å². The van der Waals surface area contributed by atoms with Gasteiger partial charge in [0.1, 0.15) is 0 Å². The summed E-state index contributed by atoms with van der Waals surface area (Å²) in [6.45, 7) is 9.26. The molecule has 1 heterocycles. The van der Waals surface area contributed by atoms with E-state index in [0.29, 0.717) is 6.04 Å². The maximum atomic E-state index is 3.71. The highest BCUT2D eigenvalue weighted by atomic mass is 79.9. The number of hydrogen-bond acceptors (Lipinski definition) is 2. The third-order valence-electron chi connectivity index (χ3n) is 4.16. The minimum absolute atomic E-state index is 0.642. The van der Waals surface area contributed by atoms with Crippen molar-refractivity contribution in [3.05, 3.63) is 34.3 Å². The van der Waals surface area contributed by atoms with Crippen LogP contribution >= 0.6 is 15.9 Å². The van der Waals surface area contributed by atoms with Gasteiger partial charge in [-0.25, -0.2) is 0 Å². The Labute approximate surface area is 125 Å². The molecule has 1 aliphatic heterocycles. The molecule has 106 valence electrons. The summed E-state index contributed by atoms with van der Waals surface area (Å²) >= 11 is 3.50. The van der Waals surface area contributed by atoms with Crippen molar-refractivity contribution in [2.24, 2.45) is 5.92 Å². The molecule has 1 N–H and O–H groups in total. The van der Waals surface area contributed by atoms with Gasteiger partial charge in [0.05, 0.1) is 0 Å². The van der Waals surface area contributed by atoms with Gasteiger partial charge in [-0.15, -0.1) is 0 Å². The molecule has 2 atom stereocenters. The van der Waals surface area contributed by atoms with Crippen molar-refractivity contribution >= 4 is 15.9 Å². The van der Waals surface area contributed by atoms with E-state index in [4.69, 9.17) is 0 Å². The van der Waals surface area contributed by atoms with E-state index in [9.17, 15) is 0 Å². The zero-order valence-corrected chi connectivity index (χ0v) is 13.6. The molecule has 2 rings (SSSR count). The Bertz CT molecular complexity index is 377. The lowest BCUT2D eigenvalue weighted by Gasteiger charge is -2.28. The Morgan fingerprint density at radius 1 is 1.37 bits per heavy atom. The number of halogens is 1. The van der Waals surface area contributed by atoms with Gasteiger partial charge in [0, 0.05) is 23.6 Å². The van der Waals surface area contributed by atoms with E-state index >= 15 is 0 Å². The van der Waals surface area contributed by atoms with Gasteiger partial charge in [-0.1, -0.05) is 48.3 Å². The van der Waals surface area contributed by atoms with Crippen molar-refractivity contribution in [1.29, 1.82) is 0 Å². The smallest absolute Gasteiger partial charge is 0.0234 e. The van der Waals surface area contributed by atoms with Gasteiger partial charge >= 0.3 is 0 Å². The lowest BCUT2D eigenvalue weighted by Crippen LogP contribution is -2.41. The standard InChI is InChI=1S/C16H25BrN2/c1-3-13(2)16-12-19(10-4-9-18-16)11-14-5-7-15(17)8-6-14/h5-8,13,16,18H,3-4,9-12H2,1-2H3. The van der Waals surface area contributed by atoms with Crippen LogP contribution in [-0.2, 0) is 6.54 Å². The Hall–Kier alpha value is -0.380. The molecule has 0 amide bonds. The lowest BCUT2D eigenvalue weighted by molar-refractivity contribution is 0.231. The van der Waals surface area contributed by atoms with E-state index in [-0.39, 0.29) is 0 Å². The predicted molar refractivity (Wildman–Crippen MR) is 85.3 cm³/mol. The fourth-order valence-electron chi connectivity index (χ4n) is 2.68. The molecule has 0 spiro atoms. The van der Waals surface area contributed by atoms with E-state index in [1.807, 2.05) is 0 Å². The SMILES string of the molecule is CCC(C)C1CN(Cc2ccc(Br)cc2)CCCN1. The Morgan fingerprint density at radius 2 is 2.11 bits per heavy atom. The molecule has 0 aromatic heterocycles. The first kappa shape index (κ1) is 15.0. The molecule has 2 unspecified atom stereocenters. The normalized spacial score (nSPS) is 23.0. The van der Waals surface area contributed by atoms with Crippen LogP contribution < -0.4 is 5.32 Å². The molecule has 1 aliphatic rings. The molecule has 0 aliphatic carbocycles. The number of benzene rings is 1. The van der Waals surface area contributed by atoms with Crippen LogP contribution in [0.15, 0.2) is 28.7 Å². The Morgan fingerprint density at radius 3 is 2.79 bits per heavy atom. The molecule has 1 fully saturated rings. The average Bonchev–Trinajstić information content (AvgIpc) is 2.66. The summed E-state index contributed by atoms with van der Waals surface area (Å²) in [5, 5.41) is 3.71. The van der Waals surface area contributed by atoms with Crippen molar-refractivity contribution in [1.82, 2.24) is 10.2 Å². The molecule has 3 heteroatoms. The maximum Gasteiger partial charge on any atom is 0.0234 e. The molecule has 0 saturated carbocycles. The highest BCUT2D eigenvalue weighted by Crippen LogP contribution is 2.16. The van der Waals surface area contributed by atoms with Crippen LogP contribution in [0.5, 0.6) is 0 Å². The number of nitrogens with zero attached hydrogens (tertiary/aromatic N) is 1. The maximum absolute atomic E-state index is 3.71. The van der Waals surface area contributed by atoms with E-state index in [0.717, 1.165) is 23.5 Å². The van der Waals surface area contributed by atoms with Gasteiger partial charge in [0.15, 0.2) is 0 Å². The van der Waals surface area contributed by atoms with Crippen molar-refractivity contribution in [3.8, 4) is 0 Å². The summed E-state index contributed by atoms with van der Waals surface area (Å²) in [5.41, 5.74) is 1.41. The number of hydrogen-bond donors (Lipinski definition) is 1. The van der Waals surface area contributed by atoms with E-state index in [1.165, 1.54) is 31.5 Å². The highest BCUT2D eigenvalue weighted by molar-refractivity contribution is 9.10. The molecule has 1 aromatic carbocycles. The highest BCUT2D eigenvalue weighted by Gasteiger charge is 2.21. The summed E-state index contributed by atoms with van der Waals surface area (Å²) in [7, 11) is 0. The predicted octanol–water partition coefficient (Wildman–Crippen LogP) is 3.66. The van der Waals surface area contributed by atoms with Crippen LogP contribution in [0.3, 0.4) is 0 Å². The van der Waals surface area contributed by atoms with E-state index in [1.54, 1.807) is 0 Å². The first-order valence-electron chi connectivity index (χ1n) is 7.39. The zero-order chi connectivity index (χ0) is 13.7. The molecule has 0 bridgehead atoms. The van der Waals surface area contributed by atoms with Gasteiger partial charge in [-0.2, -0.15) is 0 Å². The Kier molecular flexibility index (Phi) is 5.86. The van der Waals surface area contributed by atoms with Gasteiger partial charge < -0.3 is 5.32 Å². The van der Waals surface area contributed by atoms with Crippen molar-refractivity contribution in [3.63, 3.8) is 0 Å². The van der Waals surface area contributed by atoms with Crippen LogP contribution in [0.2, 0.25) is 0 Å². The van der Waals surface area contributed by atoms with Crippen LogP contribution in [-0.4, -0.2) is 30.6 Å². The van der Waals surface area contributed by atoms with Crippen LogP contribution in [0.1, 0.15) is 32.3 Å². The average molecular weight is 325 g/mol. The molecular formula is C16H25BrN2. The first-order valence-corrected chi connectivity index (χ1v) is 8.18. The first-order chi connectivity index (χ1) is 9.19. The third-order valence-corrected chi connectivity index (χ3v) is 4.69. The second-order valence-electron chi connectivity index (χ2n) is 5.66. The molecule has 1 saturated heterocycles. The lowest BCUT2D eigenvalue weighted by atomic mass is 9.99. The largest absolute Gasteiger partial charge is 0.312 e. The monoisotopic (exact) mass is 324 g/mol. The van der Waals surface area contributed by atoms with E-state index in [2.05, 4.69) is 64.3 Å². The Balaban J connectivity index is 1.96. The van der Waals surface area contributed by atoms with Crippen LogP contribution in [0, 0.1) is 5.92 Å². The van der Waals surface area contributed by atoms with Gasteiger partial charge in [0.2, 0.25) is 0 Å². The fraction of sp³-hybridized carbons (Fsp3) is 0.625. The summed E-state index contributed by atoms with van der Waals surface area (Å²) in [6, 6.07) is 9.36. The van der Waals surface area contributed by atoms with E-state index < -0.39 is 0 Å².